The second kappa shape index (κ2) is 5.87. The minimum Gasteiger partial charge on any atom is -0.496 e. The molecule has 2 rings (SSSR count). The normalized spacial score (nSPS) is 13.3. The zero-order valence-electron chi connectivity index (χ0n) is 12.5. The van der Waals surface area contributed by atoms with Gasteiger partial charge in [-0.1, -0.05) is 35.9 Å². The summed E-state index contributed by atoms with van der Waals surface area (Å²) in [6.45, 7) is 3.77. The lowest BCUT2D eigenvalue weighted by atomic mass is 9.90. The van der Waals surface area contributed by atoms with Crippen LogP contribution in [0, 0.1) is 6.92 Å². The molecule has 4 heteroatoms. The van der Waals surface area contributed by atoms with Crippen molar-refractivity contribution in [3.63, 3.8) is 0 Å². The smallest absolute Gasteiger partial charge is 0.247 e. The van der Waals surface area contributed by atoms with E-state index < -0.39 is 11.4 Å². The molecule has 0 aliphatic heterocycles. The third-order valence-electron chi connectivity index (χ3n) is 3.58. The van der Waals surface area contributed by atoms with Crippen LogP contribution < -0.4 is 15.8 Å². The number of nitrogens with two attached hydrogens (primary N) is 1. The number of benzene rings is 2. The predicted molar refractivity (Wildman–Crippen MR) is 84.3 cm³/mol. The van der Waals surface area contributed by atoms with Crippen molar-refractivity contribution in [3.05, 3.63) is 59.7 Å². The molecule has 1 amide bonds. The molecular weight excluding hydrogens is 264 g/mol. The average Bonchev–Trinajstić information content (AvgIpc) is 2.49. The van der Waals surface area contributed by atoms with E-state index >= 15 is 0 Å². The zero-order chi connectivity index (χ0) is 15.5. The number of carbonyl (C=O) groups excluding carboxylic acids is 1. The first kappa shape index (κ1) is 14.9. The molecule has 0 saturated carbocycles. The molecule has 0 saturated heterocycles. The van der Waals surface area contributed by atoms with Gasteiger partial charge in [-0.25, -0.2) is 0 Å². The third-order valence-corrected chi connectivity index (χ3v) is 3.58. The molecule has 4 nitrogen and oxygen atoms in total. The Morgan fingerprint density at radius 3 is 2.33 bits per heavy atom. The van der Waals surface area contributed by atoms with E-state index in [4.69, 9.17) is 10.5 Å². The number of hydrogen-bond acceptors (Lipinski definition) is 3. The molecule has 0 aromatic heterocycles. The Bertz CT molecular complexity index is 637. The molecule has 0 aliphatic rings. The van der Waals surface area contributed by atoms with Crippen molar-refractivity contribution in [1.29, 1.82) is 0 Å². The fourth-order valence-corrected chi connectivity index (χ4v) is 2.24. The SMILES string of the molecule is COc1ccccc1C(C)(Nc1ccc(C)cc1)C(N)=O. The predicted octanol–water partition coefficient (Wildman–Crippen LogP) is 2.82. The number of anilines is 1. The third kappa shape index (κ3) is 2.99. The monoisotopic (exact) mass is 284 g/mol. The fourth-order valence-electron chi connectivity index (χ4n) is 2.24. The van der Waals surface area contributed by atoms with Gasteiger partial charge in [-0.3, -0.25) is 4.79 Å². The van der Waals surface area contributed by atoms with Crippen molar-refractivity contribution in [3.8, 4) is 5.75 Å². The number of methoxy groups -OCH3 is 1. The Morgan fingerprint density at radius 1 is 1.14 bits per heavy atom. The molecule has 2 aromatic rings. The average molecular weight is 284 g/mol. The van der Waals surface area contributed by atoms with Crippen molar-refractivity contribution in [1.82, 2.24) is 0 Å². The van der Waals surface area contributed by atoms with Crippen LogP contribution in [0.15, 0.2) is 48.5 Å². The molecule has 2 aromatic carbocycles. The summed E-state index contributed by atoms with van der Waals surface area (Å²) in [7, 11) is 1.58. The minimum atomic E-state index is -1.05. The van der Waals surface area contributed by atoms with Gasteiger partial charge in [-0.2, -0.15) is 0 Å². The quantitative estimate of drug-likeness (QED) is 0.887. The Hall–Kier alpha value is -2.49. The lowest BCUT2D eigenvalue weighted by Gasteiger charge is -2.30. The van der Waals surface area contributed by atoms with E-state index in [-0.39, 0.29) is 0 Å². The summed E-state index contributed by atoms with van der Waals surface area (Å²) in [6.07, 6.45) is 0. The van der Waals surface area contributed by atoms with Gasteiger partial charge in [0.2, 0.25) is 5.91 Å². The van der Waals surface area contributed by atoms with E-state index in [2.05, 4.69) is 5.32 Å². The molecule has 3 N–H and O–H groups in total. The molecule has 1 unspecified atom stereocenters. The zero-order valence-corrected chi connectivity index (χ0v) is 12.5. The molecule has 0 fully saturated rings. The first-order valence-corrected chi connectivity index (χ1v) is 6.75. The van der Waals surface area contributed by atoms with Crippen LogP contribution >= 0.6 is 0 Å². The van der Waals surface area contributed by atoms with Crippen LogP contribution in [0.2, 0.25) is 0 Å². The van der Waals surface area contributed by atoms with E-state index in [0.29, 0.717) is 11.3 Å². The standard InChI is InChI=1S/C17H20N2O2/c1-12-8-10-13(11-9-12)19-17(2,16(18)20)14-6-4-5-7-15(14)21-3/h4-11,19H,1-3H3,(H2,18,20). The molecule has 1 atom stereocenters. The molecule has 0 bridgehead atoms. The van der Waals surface area contributed by atoms with Crippen LogP contribution in [-0.4, -0.2) is 13.0 Å². The van der Waals surface area contributed by atoms with Crippen molar-refractivity contribution in [2.75, 3.05) is 12.4 Å². The van der Waals surface area contributed by atoms with Crippen molar-refractivity contribution in [2.24, 2.45) is 5.73 Å². The molecule has 0 radical (unpaired) electrons. The van der Waals surface area contributed by atoms with Gasteiger partial charge >= 0.3 is 0 Å². The highest BCUT2D eigenvalue weighted by molar-refractivity contribution is 5.89. The maximum absolute atomic E-state index is 12.1. The largest absolute Gasteiger partial charge is 0.496 e. The number of aryl methyl sites for hydroxylation is 1. The number of hydrogen-bond donors (Lipinski definition) is 2. The van der Waals surface area contributed by atoms with Crippen molar-refractivity contribution < 1.29 is 9.53 Å². The Morgan fingerprint density at radius 2 is 1.76 bits per heavy atom. The van der Waals surface area contributed by atoms with E-state index in [1.165, 1.54) is 0 Å². The van der Waals surface area contributed by atoms with Crippen LogP contribution in [0.5, 0.6) is 5.75 Å². The van der Waals surface area contributed by atoms with Gasteiger partial charge in [0, 0.05) is 11.3 Å². The molecular formula is C17H20N2O2. The number of primary amides is 1. The first-order chi connectivity index (χ1) is 9.97. The van der Waals surface area contributed by atoms with Crippen LogP contribution in [0.25, 0.3) is 0 Å². The summed E-state index contributed by atoms with van der Waals surface area (Å²) in [5.41, 5.74) is 7.28. The number of carbonyl (C=O) groups is 1. The van der Waals surface area contributed by atoms with Crippen LogP contribution in [-0.2, 0) is 10.3 Å². The van der Waals surface area contributed by atoms with E-state index in [1.54, 1.807) is 14.0 Å². The van der Waals surface area contributed by atoms with Gasteiger partial charge in [0.15, 0.2) is 0 Å². The van der Waals surface area contributed by atoms with E-state index in [0.717, 1.165) is 11.3 Å². The van der Waals surface area contributed by atoms with Crippen molar-refractivity contribution in [2.45, 2.75) is 19.4 Å². The number of rotatable bonds is 5. The lowest BCUT2D eigenvalue weighted by molar-refractivity contribution is -0.122. The maximum Gasteiger partial charge on any atom is 0.247 e. The van der Waals surface area contributed by atoms with Gasteiger partial charge in [0.25, 0.3) is 0 Å². The summed E-state index contributed by atoms with van der Waals surface area (Å²) in [6, 6.07) is 15.2. The Kier molecular flexibility index (Phi) is 4.17. The molecule has 21 heavy (non-hydrogen) atoms. The number of ether oxygens (including phenoxy) is 1. The van der Waals surface area contributed by atoms with E-state index in [1.807, 2.05) is 55.5 Å². The van der Waals surface area contributed by atoms with Gasteiger partial charge in [0.05, 0.1) is 7.11 Å². The summed E-state index contributed by atoms with van der Waals surface area (Å²) in [4.78, 5) is 12.1. The Balaban J connectivity index is 2.45. The number of amides is 1. The summed E-state index contributed by atoms with van der Waals surface area (Å²) in [5, 5.41) is 3.22. The van der Waals surface area contributed by atoms with Gasteiger partial charge in [-0.05, 0) is 32.0 Å². The van der Waals surface area contributed by atoms with Gasteiger partial charge in [0.1, 0.15) is 11.3 Å². The van der Waals surface area contributed by atoms with Crippen LogP contribution in [0.4, 0.5) is 5.69 Å². The topological polar surface area (TPSA) is 64.3 Å². The highest BCUT2D eigenvalue weighted by Crippen LogP contribution is 2.32. The van der Waals surface area contributed by atoms with E-state index in [9.17, 15) is 4.79 Å². The molecule has 0 aliphatic carbocycles. The summed E-state index contributed by atoms with van der Waals surface area (Å²) < 4.78 is 5.35. The first-order valence-electron chi connectivity index (χ1n) is 6.75. The Labute approximate surface area is 124 Å². The number of nitrogens with one attached hydrogen (secondary N) is 1. The van der Waals surface area contributed by atoms with Gasteiger partial charge < -0.3 is 15.8 Å². The van der Waals surface area contributed by atoms with Gasteiger partial charge in [-0.15, -0.1) is 0 Å². The summed E-state index contributed by atoms with van der Waals surface area (Å²) in [5.74, 6) is 0.158. The summed E-state index contributed by atoms with van der Waals surface area (Å²) >= 11 is 0. The second-order valence-corrected chi connectivity index (χ2v) is 5.18. The number of para-hydroxylation sites is 1. The highest BCUT2D eigenvalue weighted by Gasteiger charge is 2.35. The minimum absolute atomic E-state index is 0.465. The lowest BCUT2D eigenvalue weighted by Crippen LogP contribution is -2.45. The van der Waals surface area contributed by atoms with Crippen molar-refractivity contribution >= 4 is 11.6 Å². The van der Waals surface area contributed by atoms with Crippen LogP contribution in [0.1, 0.15) is 18.1 Å². The molecule has 110 valence electrons. The second-order valence-electron chi connectivity index (χ2n) is 5.18. The molecule has 0 spiro atoms. The maximum atomic E-state index is 12.1. The highest BCUT2D eigenvalue weighted by atomic mass is 16.5. The van der Waals surface area contributed by atoms with Crippen LogP contribution in [0.3, 0.4) is 0 Å². The fraction of sp³-hybridized carbons (Fsp3) is 0.235. The molecule has 0 heterocycles.